The summed E-state index contributed by atoms with van der Waals surface area (Å²) >= 11 is 5.99. The first kappa shape index (κ1) is 17.2. The van der Waals surface area contributed by atoms with Crippen molar-refractivity contribution in [3.05, 3.63) is 89.5 Å². The first-order chi connectivity index (χ1) is 12.2. The molecule has 1 atom stereocenters. The fraction of sp³-hybridized carbons (Fsp3) is 0.200. The van der Waals surface area contributed by atoms with Gasteiger partial charge in [-0.15, -0.1) is 0 Å². The van der Waals surface area contributed by atoms with Gasteiger partial charge in [-0.05, 0) is 41.5 Å². The molecule has 5 heteroatoms. The smallest absolute Gasteiger partial charge is 0.220 e. The van der Waals surface area contributed by atoms with Crippen LogP contribution < -0.4 is 5.32 Å². The summed E-state index contributed by atoms with van der Waals surface area (Å²) in [6.45, 7) is 1.23. The van der Waals surface area contributed by atoms with Gasteiger partial charge in [-0.2, -0.15) is 0 Å². The van der Waals surface area contributed by atoms with Gasteiger partial charge in [-0.1, -0.05) is 29.8 Å². The first-order valence-corrected chi connectivity index (χ1v) is 8.60. The van der Waals surface area contributed by atoms with Crippen molar-refractivity contribution in [3.63, 3.8) is 0 Å². The van der Waals surface area contributed by atoms with Crippen LogP contribution in [0.15, 0.2) is 73.3 Å². The van der Waals surface area contributed by atoms with E-state index in [0.29, 0.717) is 18.0 Å². The molecule has 128 valence electrons. The quantitative estimate of drug-likeness (QED) is 0.697. The van der Waals surface area contributed by atoms with Gasteiger partial charge >= 0.3 is 0 Å². The Morgan fingerprint density at radius 3 is 2.56 bits per heavy atom. The summed E-state index contributed by atoms with van der Waals surface area (Å²) < 4.78 is 2.09. The van der Waals surface area contributed by atoms with Gasteiger partial charge in [0.25, 0.3) is 0 Å². The topological polar surface area (TPSA) is 46.9 Å². The minimum atomic E-state index is 0.0240. The SMILES string of the molecule is O=C(C[C@H](Cn1cccc1)c1ccc(Cl)cc1)NCc1cccnc1. The van der Waals surface area contributed by atoms with E-state index in [1.54, 1.807) is 12.4 Å². The van der Waals surface area contributed by atoms with E-state index in [1.165, 1.54) is 0 Å². The minimum absolute atomic E-state index is 0.0240. The van der Waals surface area contributed by atoms with Crippen LogP contribution in [-0.4, -0.2) is 15.5 Å². The number of aromatic nitrogens is 2. The Morgan fingerprint density at radius 1 is 1.12 bits per heavy atom. The average Bonchev–Trinajstić information content (AvgIpc) is 3.14. The second kappa shape index (κ2) is 8.49. The number of benzene rings is 1. The largest absolute Gasteiger partial charge is 0.354 e. The lowest BCUT2D eigenvalue weighted by Crippen LogP contribution is -2.26. The normalized spacial score (nSPS) is 11.9. The fourth-order valence-corrected chi connectivity index (χ4v) is 2.89. The van der Waals surface area contributed by atoms with Crippen molar-refractivity contribution in [2.75, 3.05) is 0 Å². The number of carbonyl (C=O) groups excluding carboxylic acids is 1. The number of nitrogens with zero attached hydrogens (tertiary/aromatic N) is 2. The third-order valence-electron chi connectivity index (χ3n) is 4.08. The average molecular weight is 354 g/mol. The van der Waals surface area contributed by atoms with Gasteiger partial charge in [-0.3, -0.25) is 9.78 Å². The Morgan fingerprint density at radius 2 is 1.88 bits per heavy atom. The molecule has 0 fully saturated rings. The molecule has 0 radical (unpaired) electrons. The summed E-state index contributed by atoms with van der Waals surface area (Å²) in [7, 11) is 0. The lowest BCUT2D eigenvalue weighted by Gasteiger charge is -2.18. The monoisotopic (exact) mass is 353 g/mol. The number of rotatable bonds is 7. The Bertz CT molecular complexity index is 786. The number of nitrogens with one attached hydrogen (secondary N) is 1. The molecule has 25 heavy (non-hydrogen) atoms. The van der Waals surface area contributed by atoms with Crippen LogP contribution in [0.1, 0.15) is 23.5 Å². The van der Waals surface area contributed by atoms with Crippen LogP contribution in [0.25, 0.3) is 0 Å². The van der Waals surface area contributed by atoms with Crippen LogP contribution in [0.5, 0.6) is 0 Å². The van der Waals surface area contributed by atoms with Crippen LogP contribution in [0.2, 0.25) is 5.02 Å². The van der Waals surface area contributed by atoms with E-state index in [4.69, 9.17) is 11.6 Å². The highest BCUT2D eigenvalue weighted by Crippen LogP contribution is 2.24. The van der Waals surface area contributed by atoms with Crippen LogP contribution in [0.4, 0.5) is 0 Å². The molecule has 0 unspecified atom stereocenters. The molecule has 4 nitrogen and oxygen atoms in total. The number of halogens is 1. The van der Waals surface area contributed by atoms with E-state index in [9.17, 15) is 4.79 Å². The fourth-order valence-electron chi connectivity index (χ4n) is 2.77. The Labute approximate surface area is 152 Å². The summed E-state index contributed by atoms with van der Waals surface area (Å²) in [6.07, 6.45) is 7.92. The molecule has 0 spiro atoms. The zero-order valence-corrected chi connectivity index (χ0v) is 14.6. The molecule has 3 aromatic rings. The van der Waals surface area contributed by atoms with Crippen molar-refractivity contribution in [2.24, 2.45) is 0 Å². The lowest BCUT2D eigenvalue weighted by molar-refractivity contribution is -0.121. The van der Waals surface area contributed by atoms with Gasteiger partial charge in [0.2, 0.25) is 5.91 Å². The molecule has 2 aromatic heterocycles. The minimum Gasteiger partial charge on any atom is -0.354 e. The molecule has 0 saturated heterocycles. The van der Waals surface area contributed by atoms with Crippen molar-refractivity contribution in [3.8, 4) is 0 Å². The van der Waals surface area contributed by atoms with Gasteiger partial charge in [0.05, 0.1) is 0 Å². The molecular formula is C20H20ClN3O. The van der Waals surface area contributed by atoms with Crippen molar-refractivity contribution in [1.29, 1.82) is 0 Å². The molecule has 3 rings (SSSR count). The first-order valence-electron chi connectivity index (χ1n) is 8.22. The molecule has 0 aliphatic carbocycles. The van der Waals surface area contributed by atoms with Crippen LogP contribution >= 0.6 is 11.6 Å². The zero-order chi connectivity index (χ0) is 17.5. The third kappa shape index (κ3) is 5.19. The number of hydrogen-bond acceptors (Lipinski definition) is 2. The zero-order valence-electron chi connectivity index (χ0n) is 13.8. The molecule has 0 aliphatic rings. The predicted octanol–water partition coefficient (Wildman–Crippen LogP) is 4.03. The highest BCUT2D eigenvalue weighted by Gasteiger charge is 2.16. The molecular weight excluding hydrogens is 334 g/mol. The summed E-state index contributed by atoms with van der Waals surface area (Å²) in [5.74, 6) is 0.106. The Hall–Kier alpha value is -2.59. The van der Waals surface area contributed by atoms with Gasteiger partial charge in [0.1, 0.15) is 0 Å². The maximum atomic E-state index is 12.4. The van der Waals surface area contributed by atoms with E-state index >= 15 is 0 Å². The summed E-state index contributed by atoms with van der Waals surface area (Å²) in [5, 5.41) is 3.67. The van der Waals surface area contributed by atoms with Crippen molar-refractivity contribution in [1.82, 2.24) is 14.9 Å². The second-order valence-electron chi connectivity index (χ2n) is 5.97. The molecule has 0 saturated carbocycles. The molecule has 2 heterocycles. The standard InChI is InChI=1S/C20H20ClN3O/c21-19-7-5-17(6-8-19)18(15-24-10-1-2-11-24)12-20(25)23-14-16-4-3-9-22-13-16/h1-11,13,18H,12,14-15H2,(H,23,25)/t18-/m1/s1. The van der Waals surface area contributed by atoms with Crippen LogP contribution in [-0.2, 0) is 17.9 Å². The Balaban J connectivity index is 1.66. The van der Waals surface area contributed by atoms with Crippen molar-refractivity contribution < 1.29 is 4.79 Å². The molecule has 0 aliphatic heterocycles. The number of carbonyl (C=O) groups is 1. The van der Waals surface area contributed by atoms with Gasteiger partial charge in [0, 0.05) is 55.2 Å². The number of pyridine rings is 1. The predicted molar refractivity (Wildman–Crippen MR) is 99.3 cm³/mol. The van der Waals surface area contributed by atoms with E-state index in [0.717, 1.165) is 17.7 Å². The van der Waals surface area contributed by atoms with Crippen LogP contribution in [0, 0.1) is 0 Å². The maximum Gasteiger partial charge on any atom is 0.220 e. The van der Waals surface area contributed by atoms with E-state index in [2.05, 4.69) is 14.9 Å². The molecule has 0 bridgehead atoms. The van der Waals surface area contributed by atoms with Gasteiger partial charge < -0.3 is 9.88 Å². The summed E-state index contributed by atoms with van der Waals surface area (Å²) in [5.41, 5.74) is 2.10. The lowest BCUT2D eigenvalue weighted by atomic mass is 9.95. The summed E-state index contributed by atoms with van der Waals surface area (Å²) in [6, 6.07) is 15.5. The summed E-state index contributed by atoms with van der Waals surface area (Å²) in [4.78, 5) is 16.5. The van der Waals surface area contributed by atoms with E-state index < -0.39 is 0 Å². The molecule has 1 aromatic carbocycles. The van der Waals surface area contributed by atoms with E-state index in [-0.39, 0.29) is 11.8 Å². The second-order valence-corrected chi connectivity index (χ2v) is 6.41. The number of hydrogen-bond donors (Lipinski definition) is 1. The number of amides is 1. The van der Waals surface area contributed by atoms with Crippen molar-refractivity contribution in [2.45, 2.75) is 25.4 Å². The van der Waals surface area contributed by atoms with Gasteiger partial charge in [0.15, 0.2) is 0 Å². The van der Waals surface area contributed by atoms with Crippen LogP contribution in [0.3, 0.4) is 0 Å². The van der Waals surface area contributed by atoms with Crippen molar-refractivity contribution >= 4 is 17.5 Å². The molecule has 1 amide bonds. The van der Waals surface area contributed by atoms with Gasteiger partial charge in [-0.25, -0.2) is 0 Å². The molecule has 1 N–H and O–H groups in total. The van der Waals surface area contributed by atoms with E-state index in [1.807, 2.05) is 60.9 Å². The maximum absolute atomic E-state index is 12.4. The highest BCUT2D eigenvalue weighted by molar-refractivity contribution is 6.30. The Kier molecular flexibility index (Phi) is 5.86. The third-order valence-corrected chi connectivity index (χ3v) is 4.34. The highest BCUT2D eigenvalue weighted by atomic mass is 35.5.